The van der Waals surface area contributed by atoms with E-state index in [1.54, 1.807) is 0 Å². The van der Waals surface area contributed by atoms with Gasteiger partial charge in [0.25, 0.3) is 0 Å². The molecule has 0 rings (SSSR count). The SMILES string of the molecule is FC(F)(F)C(F)(Cl)COCl. The first-order valence-corrected chi connectivity index (χ1v) is 2.68. The van der Waals surface area contributed by atoms with Crippen molar-refractivity contribution in [1.82, 2.24) is 0 Å². The second-order valence-corrected chi connectivity index (χ2v) is 2.27. The van der Waals surface area contributed by atoms with E-state index in [1.807, 2.05) is 0 Å². The summed E-state index contributed by atoms with van der Waals surface area (Å²) in [6.07, 6.45) is -5.16. The van der Waals surface area contributed by atoms with Crippen LogP contribution in [0.25, 0.3) is 0 Å². The highest BCUT2D eigenvalue weighted by molar-refractivity contribution is 6.23. The maximum absolute atomic E-state index is 12.0. The zero-order valence-electron chi connectivity index (χ0n) is 4.38. The van der Waals surface area contributed by atoms with Crippen LogP contribution in [0.2, 0.25) is 0 Å². The average molecular weight is 201 g/mol. The lowest BCUT2D eigenvalue weighted by atomic mass is 10.4. The molecule has 0 aromatic rings. The topological polar surface area (TPSA) is 9.23 Å². The number of alkyl halides is 5. The predicted molar refractivity (Wildman–Crippen MR) is 27.6 cm³/mol. The number of halogens is 6. The summed E-state index contributed by atoms with van der Waals surface area (Å²) < 4.78 is 49.5. The van der Waals surface area contributed by atoms with E-state index in [4.69, 9.17) is 0 Å². The van der Waals surface area contributed by atoms with Crippen molar-refractivity contribution in [2.75, 3.05) is 6.61 Å². The van der Waals surface area contributed by atoms with Crippen LogP contribution in [-0.4, -0.2) is 17.9 Å². The van der Waals surface area contributed by atoms with Crippen LogP contribution in [0.15, 0.2) is 0 Å². The zero-order chi connectivity index (χ0) is 8.41. The van der Waals surface area contributed by atoms with Crippen LogP contribution in [0.3, 0.4) is 0 Å². The van der Waals surface area contributed by atoms with Gasteiger partial charge in [-0.2, -0.15) is 13.2 Å². The first-order valence-electron chi connectivity index (χ1n) is 1.99. The second-order valence-electron chi connectivity index (χ2n) is 1.46. The number of rotatable bonds is 2. The van der Waals surface area contributed by atoms with Gasteiger partial charge in [-0.05, 0) is 0 Å². The van der Waals surface area contributed by atoms with Crippen molar-refractivity contribution in [2.45, 2.75) is 11.3 Å². The Morgan fingerprint density at radius 3 is 1.70 bits per heavy atom. The number of hydrogen-bond acceptors (Lipinski definition) is 1. The second kappa shape index (κ2) is 3.11. The fourth-order valence-electron chi connectivity index (χ4n) is 0.150. The molecule has 0 aromatic carbocycles. The van der Waals surface area contributed by atoms with E-state index in [2.05, 4.69) is 27.8 Å². The van der Waals surface area contributed by atoms with E-state index in [-0.39, 0.29) is 0 Å². The molecule has 0 amide bonds. The highest BCUT2D eigenvalue weighted by Crippen LogP contribution is 2.37. The summed E-state index contributed by atoms with van der Waals surface area (Å²) in [5.41, 5.74) is 0. The molecule has 0 aliphatic carbocycles. The molecule has 0 aliphatic rings. The maximum Gasteiger partial charge on any atom is 0.439 e. The van der Waals surface area contributed by atoms with Crippen molar-refractivity contribution in [3.8, 4) is 0 Å². The summed E-state index contributed by atoms with van der Waals surface area (Å²) in [5.74, 6) is 0. The third kappa shape index (κ3) is 2.48. The maximum atomic E-state index is 12.0. The molecule has 0 aliphatic heterocycles. The Hall–Kier alpha value is 0.260. The molecule has 62 valence electrons. The number of hydrogen-bond donors (Lipinski definition) is 0. The molecular weight excluding hydrogens is 199 g/mol. The highest BCUT2D eigenvalue weighted by atomic mass is 35.5. The minimum atomic E-state index is -5.16. The van der Waals surface area contributed by atoms with Gasteiger partial charge in [0.05, 0.1) is 11.9 Å². The fraction of sp³-hybridized carbons (Fsp3) is 1.00. The Morgan fingerprint density at radius 2 is 1.60 bits per heavy atom. The smallest absolute Gasteiger partial charge is 0.274 e. The summed E-state index contributed by atoms with van der Waals surface area (Å²) in [6, 6.07) is 0. The molecule has 0 saturated heterocycles. The van der Waals surface area contributed by atoms with E-state index in [1.165, 1.54) is 0 Å². The molecule has 0 bridgehead atoms. The van der Waals surface area contributed by atoms with Gasteiger partial charge in [-0.1, -0.05) is 11.6 Å². The molecule has 0 N–H and O–H groups in total. The normalized spacial score (nSPS) is 18.6. The first-order chi connectivity index (χ1) is 4.31. The molecule has 7 heteroatoms. The third-order valence-corrected chi connectivity index (χ3v) is 1.08. The Balaban J connectivity index is 4.10. The summed E-state index contributed by atoms with van der Waals surface area (Å²) >= 11 is 8.68. The van der Waals surface area contributed by atoms with Crippen LogP contribution in [0.5, 0.6) is 0 Å². The molecule has 1 atom stereocenters. The van der Waals surface area contributed by atoms with E-state index < -0.39 is 17.9 Å². The Labute approximate surface area is 64.0 Å². The summed E-state index contributed by atoms with van der Waals surface area (Å²) in [4.78, 5) is 0. The summed E-state index contributed by atoms with van der Waals surface area (Å²) in [5, 5.41) is -3.89. The molecule has 10 heavy (non-hydrogen) atoms. The van der Waals surface area contributed by atoms with Crippen molar-refractivity contribution in [3.05, 3.63) is 0 Å². The van der Waals surface area contributed by atoms with E-state index >= 15 is 0 Å². The molecule has 0 saturated carbocycles. The van der Waals surface area contributed by atoms with Gasteiger partial charge in [-0.3, -0.25) is 4.29 Å². The highest BCUT2D eigenvalue weighted by Gasteiger charge is 2.55. The monoisotopic (exact) mass is 200 g/mol. The predicted octanol–water partition coefficient (Wildman–Crippen LogP) is 2.62. The van der Waals surface area contributed by atoms with E-state index in [0.717, 1.165) is 0 Å². The van der Waals surface area contributed by atoms with Crippen molar-refractivity contribution >= 4 is 23.5 Å². The third-order valence-electron chi connectivity index (χ3n) is 0.651. The summed E-state index contributed by atoms with van der Waals surface area (Å²) in [6.45, 7) is -1.43. The molecule has 1 nitrogen and oxygen atoms in total. The minimum absolute atomic E-state index is 1.43. The quantitative estimate of drug-likeness (QED) is 0.492. The lowest BCUT2D eigenvalue weighted by molar-refractivity contribution is -0.205. The van der Waals surface area contributed by atoms with Crippen LogP contribution in [0.4, 0.5) is 17.6 Å². The van der Waals surface area contributed by atoms with Gasteiger partial charge in [0.1, 0.15) is 6.61 Å². The van der Waals surface area contributed by atoms with Crippen molar-refractivity contribution in [1.29, 1.82) is 0 Å². The molecule has 0 spiro atoms. The minimum Gasteiger partial charge on any atom is -0.274 e. The molecule has 1 unspecified atom stereocenters. The van der Waals surface area contributed by atoms with Gasteiger partial charge >= 0.3 is 11.3 Å². The van der Waals surface area contributed by atoms with E-state index in [0.29, 0.717) is 0 Å². The van der Waals surface area contributed by atoms with Crippen LogP contribution >= 0.6 is 23.5 Å². The van der Waals surface area contributed by atoms with Gasteiger partial charge in [0, 0.05) is 0 Å². The summed E-state index contributed by atoms with van der Waals surface area (Å²) in [7, 11) is 0. The Kier molecular flexibility index (Phi) is 3.19. The zero-order valence-corrected chi connectivity index (χ0v) is 5.89. The lowest BCUT2D eigenvalue weighted by Crippen LogP contribution is -2.38. The molecule has 0 fully saturated rings. The fourth-order valence-corrected chi connectivity index (χ4v) is 0.411. The largest absolute Gasteiger partial charge is 0.439 e. The van der Waals surface area contributed by atoms with Crippen LogP contribution in [0.1, 0.15) is 0 Å². The first kappa shape index (κ1) is 10.3. The van der Waals surface area contributed by atoms with Gasteiger partial charge in [0.15, 0.2) is 0 Å². The van der Waals surface area contributed by atoms with Gasteiger partial charge in [-0.15, -0.1) is 0 Å². The van der Waals surface area contributed by atoms with Crippen LogP contribution < -0.4 is 0 Å². The van der Waals surface area contributed by atoms with Gasteiger partial charge in [0.2, 0.25) is 0 Å². The van der Waals surface area contributed by atoms with Crippen molar-refractivity contribution in [3.63, 3.8) is 0 Å². The van der Waals surface area contributed by atoms with Gasteiger partial charge in [-0.25, -0.2) is 4.39 Å². The van der Waals surface area contributed by atoms with Crippen molar-refractivity contribution < 1.29 is 21.9 Å². The average Bonchev–Trinajstić information content (AvgIpc) is 1.61. The Bertz CT molecular complexity index is 112. The van der Waals surface area contributed by atoms with Crippen molar-refractivity contribution in [2.24, 2.45) is 0 Å². The molecule has 0 radical (unpaired) electrons. The molecule has 0 heterocycles. The van der Waals surface area contributed by atoms with Crippen LogP contribution in [0, 0.1) is 0 Å². The van der Waals surface area contributed by atoms with E-state index in [9.17, 15) is 17.6 Å². The molecule has 0 aromatic heterocycles. The molecular formula is C3H2Cl2F4O. The lowest BCUT2D eigenvalue weighted by Gasteiger charge is -2.18. The van der Waals surface area contributed by atoms with Crippen LogP contribution in [-0.2, 0) is 4.29 Å². The Morgan fingerprint density at radius 1 is 1.20 bits per heavy atom. The van der Waals surface area contributed by atoms with Gasteiger partial charge < -0.3 is 0 Å². The standard InChI is InChI=1S/C3H2Cl2F4O/c4-2(6,1-10-5)3(7,8)9/h1H2.